The van der Waals surface area contributed by atoms with Crippen molar-refractivity contribution in [1.29, 1.82) is 0 Å². The molecule has 43 valence electrons. The van der Waals surface area contributed by atoms with Crippen LogP contribution in [-0.2, 0) is 67.8 Å². The van der Waals surface area contributed by atoms with Gasteiger partial charge in [-0.3, -0.25) is 0 Å². The molecule has 7 heteroatoms. The molecule has 0 aromatic heterocycles. The van der Waals surface area contributed by atoms with Gasteiger partial charge in [-0.25, -0.2) is 0 Å². The summed E-state index contributed by atoms with van der Waals surface area (Å²) in [5, 5.41) is 0. The minimum atomic E-state index is 0. The molecule has 0 heterocycles. The fourth-order valence-electron chi connectivity index (χ4n) is 0. The molecule has 0 aliphatic rings. The maximum absolute atomic E-state index is 2.88. The molecule has 0 aliphatic carbocycles. The van der Waals surface area contributed by atoms with Gasteiger partial charge in [-0.2, -0.15) is 0 Å². The Balaban J connectivity index is -0.000000000500. The largest absolute Gasteiger partial charge is 0 e. The molecule has 0 saturated heterocycles. The van der Waals surface area contributed by atoms with Gasteiger partial charge in [-0.15, -0.1) is 0 Å². The average Bonchev–Trinajstić information content (AvgIpc) is 1.00. The summed E-state index contributed by atoms with van der Waals surface area (Å²) in [6, 6.07) is 0. The predicted octanol–water partition coefficient (Wildman–Crippen LogP) is -2.49. The third kappa shape index (κ3) is 36.6. The average molecular weight is 388 g/mol. The third-order valence-corrected chi connectivity index (χ3v) is 0. The van der Waals surface area contributed by atoms with Gasteiger partial charge in [0.05, 0.1) is 0 Å². The molecule has 0 amide bonds. The monoisotopic (exact) mass is 387 g/mol. The maximum Gasteiger partial charge on any atom is 0 e. The molecule has 1 radical (unpaired) electrons. The van der Waals surface area contributed by atoms with Gasteiger partial charge in [0.25, 0.3) is 0 Å². The van der Waals surface area contributed by atoms with E-state index in [2.05, 4.69) is 28.4 Å². The second-order valence-electron chi connectivity index (χ2n) is 0. The SMILES string of the molecule is [CaH2].[Cu].[Fe].[MgH2].[Mn][SeH].[Zn]. The molecule has 0 aromatic carbocycles. The second-order valence-corrected chi connectivity index (χ2v) is 0. The van der Waals surface area contributed by atoms with E-state index in [0.29, 0.717) is 0 Å². The van der Waals surface area contributed by atoms with Crippen molar-refractivity contribution in [3.8, 4) is 0 Å². The van der Waals surface area contributed by atoms with Crippen LogP contribution in [0.15, 0.2) is 0 Å². The standard InChI is InChI=1S/Ca.Cu.Fe.Mg.Mn.H2Se.Zn.4H/h;;;;;1H2;;;;;/q;;;;+1;;;;;;/p-1. The Bertz CT molecular complexity index is 19.7. The van der Waals surface area contributed by atoms with Gasteiger partial charge in [0, 0.05) is 53.6 Å². The van der Waals surface area contributed by atoms with Crippen LogP contribution in [-0.4, -0.2) is 75.0 Å². The molecule has 0 spiro atoms. The molecule has 0 aromatic rings. The molecule has 0 fully saturated rings. The Hall–Kier alpha value is 4.73. The topological polar surface area (TPSA) is 0 Å². The van der Waals surface area contributed by atoms with Crippen molar-refractivity contribution in [3.63, 3.8) is 0 Å². The Morgan fingerprint density at radius 1 is 1.14 bits per heavy atom. The molecule has 0 unspecified atom stereocenters. The van der Waals surface area contributed by atoms with Crippen LogP contribution in [0.25, 0.3) is 0 Å². The van der Waals surface area contributed by atoms with E-state index in [1.165, 1.54) is 0 Å². The van der Waals surface area contributed by atoms with Crippen LogP contribution < -0.4 is 0 Å². The normalized spacial score (nSPS) is 0.857. The minimum absolute atomic E-state index is 0. The van der Waals surface area contributed by atoms with Crippen LogP contribution in [0.2, 0.25) is 0 Å². The van der Waals surface area contributed by atoms with E-state index in [1.807, 2.05) is 0 Å². The Kier molecular flexibility index (Phi) is 267. The van der Waals surface area contributed by atoms with Crippen LogP contribution >= 0.6 is 0 Å². The first-order chi connectivity index (χ1) is 1.00. The summed E-state index contributed by atoms with van der Waals surface area (Å²) in [6.07, 6.45) is 0. The van der Waals surface area contributed by atoms with Crippen molar-refractivity contribution in [2.24, 2.45) is 0 Å². The second kappa shape index (κ2) is 45.4. The predicted molar refractivity (Wildman–Crippen MR) is 24.2 cm³/mol. The summed E-state index contributed by atoms with van der Waals surface area (Å²) in [6.45, 7) is 0. The van der Waals surface area contributed by atoms with E-state index < -0.39 is 0 Å². The zero-order valence-corrected chi connectivity index (χ0v) is 10.3. The molecule has 7 heavy (non-hydrogen) atoms. The first-order valence-corrected chi connectivity index (χ1v) is 3.62. The molecule has 0 nitrogen and oxygen atoms in total. The van der Waals surface area contributed by atoms with Gasteiger partial charge in [-0.05, 0) is 0 Å². The van der Waals surface area contributed by atoms with Crippen LogP contribution in [0.5, 0.6) is 0 Å². The van der Waals surface area contributed by atoms with Gasteiger partial charge in [0.15, 0.2) is 0 Å². The molecule has 0 rings (SSSR count). The van der Waals surface area contributed by atoms with Crippen LogP contribution in [0, 0.1) is 0 Å². The smallest absolute Gasteiger partial charge is 0 e. The van der Waals surface area contributed by atoms with Gasteiger partial charge in [-0.1, -0.05) is 0 Å². The van der Waals surface area contributed by atoms with Crippen LogP contribution in [0.1, 0.15) is 0 Å². The Morgan fingerprint density at radius 2 is 1.14 bits per heavy atom. The fourth-order valence-corrected chi connectivity index (χ4v) is 0. The fraction of sp³-hybridized carbons (Fsp3) is 0. The summed E-state index contributed by atoms with van der Waals surface area (Å²) < 4.78 is 0. The molecule has 0 aliphatic heterocycles. The number of hydrogen-bond donors (Lipinski definition) is 0. The minimum Gasteiger partial charge on any atom is 0 e. The Morgan fingerprint density at radius 3 is 1.14 bits per heavy atom. The van der Waals surface area contributed by atoms with Crippen molar-refractivity contribution in [1.82, 2.24) is 0 Å². The van der Waals surface area contributed by atoms with Gasteiger partial charge in [0.2, 0.25) is 0 Å². The summed E-state index contributed by atoms with van der Waals surface area (Å²) in [5.41, 5.74) is 0. The zero-order valence-electron chi connectivity index (χ0n) is 2.19. The summed E-state index contributed by atoms with van der Waals surface area (Å²) in [7, 11) is 0. The van der Waals surface area contributed by atoms with E-state index in [0.717, 1.165) is 0 Å². The van der Waals surface area contributed by atoms with E-state index >= 15 is 0 Å². The van der Waals surface area contributed by atoms with Crippen molar-refractivity contribution in [3.05, 3.63) is 0 Å². The first-order valence-electron chi connectivity index (χ1n) is 0.169. The summed E-state index contributed by atoms with van der Waals surface area (Å²) in [5.74, 6) is 0. The third-order valence-electron chi connectivity index (χ3n) is 0. The van der Waals surface area contributed by atoms with E-state index in [-0.39, 0.29) is 114 Å². The van der Waals surface area contributed by atoms with Crippen molar-refractivity contribution < 1.29 is 67.8 Å². The summed E-state index contributed by atoms with van der Waals surface area (Å²) in [4.78, 5) is 0. The number of rotatable bonds is 0. The maximum atomic E-state index is 2.88. The van der Waals surface area contributed by atoms with Gasteiger partial charge >= 0.3 is 89.2 Å². The summed E-state index contributed by atoms with van der Waals surface area (Å²) >= 11 is 5.00. The van der Waals surface area contributed by atoms with Crippen LogP contribution in [0.3, 0.4) is 0 Å². The van der Waals surface area contributed by atoms with Crippen LogP contribution in [0.4, 0.5) is 0 Å². The molecule has 0 N–H and O–H groups in total. The molecular formula is H5CaCuFeMgMnSeZn. The Labute approximate surface area is 139 Å². The number of hydrogen-bond acceptors (Lipinski definition) is 0. The van der Waals surface area contributed by atoms with Gasteiger partial charge < -0.3 is 0 Å². The van der Waals surface area contributed by atoms with E-state index in [9.17, 15) is 0 Å². The van der Waals surface area contributed by atoms with Gasteiger partial charge in [0.1, 0.15) is 0 Å². The first kappa shape index (κ1) is 41.1. The molecule has 0 bridgehead atoms. The van der Waals surface area contributed by atoms with E-state index in [4.69, 9.17) is 0 Å². The molecule has 0 saturated carbocycles. The van der Waals surface area contributed by atoms with Crippen molar-refractivity contribution >= 4 is 75.0 Å². The van der Waals surface area contributed by atoms with Crippen molar-refractivity contribution in [2.75, 3.05) is 0 Å². The quantitative estimate of drug-likeness (QED) is 0.403. The van der Waals surface area contributed by atoms with E-state index in [1.54, 1.807) is 0 Å². The van der Waals surface area contributed by atoms with Crippen molar-refractivity contribution in [2.45, 2.75) is 0 Å². The molecular weight excluding hydrogens is 383 g/mol. The zero-order chi connectivity index (χ0) is 2.00. The molecule has 0 atom stereocenters.